The van der Waals surface area contributed by atoms with Gasteiger partial charge in [-0.25, -0.2) is 10.1 Å². The monoisotopic (exact) mass is 368 g/mol. The number of carbonyl (C=O) groups is 1. The van der Waals surface area contributed by atoms with Crippen molar-refractivity contribution in [3.8, 4) is 5.69 Å². The fourth-order valence-corrected chi connectivity index (χ4v) is 2.71. The summed E-state index contributed by atoms with van der Waals surface area (Å²) in [6, 6.07) is 15.7. The van der Waals surface area contributed by atoms with Crippen LogP contribution in [0, 0.1) is 6.92 Å². The Balaban J connectivity index is 1.86. The Morgan fingerprint density at radius 3 is 2.42 bits per heavy atom. The molecule has 132 valence electrons. The summed E-state index contributed by atoms with van der Waals surface area (Å²) in [5, 5.41) is 7.65. The van der Waals surface area contributed by atoms with Crippen LogP contribution in [0.4, 0.5) is 0 Å². The molecule has 0 saturated heterocycles. The van der Waals surface area contributed by atoms with Crippen molar-refractivity contribution in [3.63, 3.8) is 0 Å². The topological polar surface area (TPSA) is 79.2 Å². The molecule has 0 spiro atoms. The van der Waals surface area contributed by atoms with Gasteiger partial charge in [0.1, 0.15) is 0 Å². The normalized spacial score (nSPS) is 11.4. The van der Waals surface area contributed by atoms with Gasteiger partial charge in [0, 0.05) is 16.3 Å². The molecule has 1 amide bonds. The molecule has 0 atom stereocenters. The Morgan fingerprint density at radius 2 is 1.77 bits per heavy atom. The Kier molecular flexibility index (Phi) is 5.04. The molecule has 2 aromatic carbocycles. The van der Waals surface area contributed by atoms with E-state index in [0.29, 0.717) is 27.6 Å². The van der Waals surface area contributed by atoms with Gasteiger partial charge in [0.25, 0.3) is 11.5 Å². The van der Waals surface area contributed by atoms with Gasteiger partial charge in [0.2, 0.25) is 0 Å². The van der Waals surface area contributed by atoms with E-state index >= 15 is 0 Å². The first-order valence-corrected chi connectivity index (χ1v) is 8.33. The number of amides is 1. The van der Waals surface area contributed by atoms with E-state index in [1.165, 1.54) is 4.68 Å². The zero-order valence-corrected chi connectivity index (χ0v) is 15.0. The lowest BCUT2D eigenvalue weighted by molar-refractivity contribution is 0.0955. The van der Waals surface area contributed by atoms with Crippen LogP contribution in [0.5, 0.6) is 0 Å². The summed E-state index contributed by atoms with van der Waals surface area (Å²) >= 11 is 5.81. The third kappa shape index (κ3) is 3.60. The van der Waals surface area contributed by atoms with Crippen molar-refractivity contribution in [1.82, 2.24) is 15.2 Å². The highest BCUT2D eigenvalue weighted by Crippen LogP contribution is 2.10. The number of hydrogen-bond donors (Lipinski definition) is 2. The predicted molar refractivity (Wildman–Crippen MR) is 102 cm³/mol. The largest absolute Gasteiger partial charge is 0.295 e. The molecule has 6 nitrogen and oxygen atoms in total. The number of carbonyl (C=O) groups excluding carboxylic acids is 1. The summed E-state index contributed by atoms with van der Waals surface area (Å²) in [7, 11) is 0. The quantitative estimate of drug-likeness (QED) is 0.547. The number of para-hydroxylation sites is 1. The van der Waals surface area contributed by atoms with Crippen LogP contribution >= 0.6 is 11.6 Å². The number of benzene rings is 2. The molecule has 2 N–H and O–H groups in total. The summed E-state index contributed by atoms with van der Waals surface area (Å²) in [5.41, 5.74) is 4.90. The molecular weight excluding hydrogens is 352 g/mol. The summed E-state index contributed by atoms with van der Waals surface area (Å²) in [6.07, 6.45) is 0. The van der Waals surface area contributed by atoms with Crippen molar-refractivity contribution < 1.29 is 4.79 Å². The molecular formula is C19H17ClN4O2. The molecule has 1 aromatic heterocycles. The number of nitrogens with one attached hydrogen (secondary N) is 2. The number of rotatable bonds is 4. The second-order valence-electron chi connectivity index (χ2n) is 5.73. The summed E-state index contributed by atoms with van der Waals surface area (Å²) < 4.78 is 1.45. The van der Waals surface area contributed by atoms with E-state index < -0.39 is 0 Å². The van der Waals surface area contributed by atoms with Crippen LogP contribution in [0.2, 0.25) is 5.02 Å². The van der Waals surface area contributed by atoms with Gasteiger partial charge in [0.15, 0.2) is 0 Å². The molecule has 0 bridgehead atoms. The lowest BCUT2D eigenvalue weighted by Gasteiger charge is -2.02. The third-order valence-electron chi connectivity index (χ3n) is 3.88. The van der Waals surface area contributed by atoms with Gasteiger partial charge in [-0.05, 0) is 50.2 Å². The number of H-pyrrole nitrogens is 1. The molecule has 0 radical (unpaired) electrons. The van der Waals surface area contributed by atoms with E-state index in [1.54, 1.807) is 38.1 Å². The molecule has 0 aliphatic carbocycles. The van der Waals surface area contributed by atoms with Crippen LogP contribution in [0.1, 0.15) is 28.5 Å². The van der Waals surface area contributed by atoms with Gasteiger partial charge < -0.3 is 0 Å². The van der Waals surface area contributed by atoms with Crippen LogP contribution < -0.4 is 11.0 Å². The molecule has 3 rings (SSSR count). The molecule has 0 fully saturated rings. The molecule has 3 aromatic rings. The van der Waals surface area contributed by atoms with Crippen molar-refractivity contribution in [3.05, 3.63) is 86.8 Å². The molecule has 26 heavy (non-hydrogen) atoms. The maximum Gasteiger partial charge on any atom is 0.280 e. The van der Waals surface area contributed by atoms with Crippen molar-refractivity contribution >= 4 is 23.2 Å². The highest BCUT2D eigenvalue weighted by molar-refractivity contribution is 6.30. The number of hydrogen-bond acceptors (Lipinski definition) is 3. The van der Waals surface area contributed by atoms with Gasteiger partial charge in [-0.2, -0.15) is 5.10 Å². The lowest BCUT2D eigenvalue weighted by atomic mass is 10.2. The molecule has 1 heterocycles. The van der Waals surface area contributed by atoms with Crippen LogP contribution in [0.25, 0.3) is 5.69 Å². The van der Waals surface area contributed by atoms with Crippen molar-refractivity contribution in [2.45, 2.75) is 13.8 Å². The van der Waals surface area contributed by atoms with Crippen LogP contribution in [-0.4, -0.2) is 21.4 Å². The minimum Gasteiger partial charge on any atom is -0.295 e. The van der Waals surface area contributed by atoms with Gasteiger partial charge in [-0.15, -0.1) is 0 Å². The average molecular weight is 369 g/mol. The summed E-state index contributed by atoms with van der Waals surface area (Å²) in [4.78, 5) is 24.8. The second-order valence-corrected chi connectivity index (χ2v) is 6.17. The maximum absolute atomic E-state index is 12.7. The average Bonchev–Trinajstić information content (AvgIpc) is 2.95. The minimum atomic E-state index is -0.377. The zero-order valence-electron chi connectivity index (χ0n) is 14.3. The Morgan fingerprint density at radius 1 is 1.12 bits per heavy atom. The molecule has 0 unspecified atom stereocenters. The second kappa shape index (κ2) is 7.41. The van der Waals surface area contributed by atoms with E-state index in [0.717, 1.165) is 5.69 Å². The first-order chi connectivity index (χ1) is 12.5. The van der Waals surface area contributed by atoms with Crippen LogP contribution in [0.15, 0.2) is 64.5 Å². The molecule has 0 saturated carbocycles. The minimum absolute atomic E-state index is 0.226. The van der Waals surface area contributed by atoms with E-state index in [4.69, 9.17) is 11.6 Å². The third-order valence-corrected chi connectivity index (χ3v) is 4.13. The van der Waals surface area contributed by atoms with Crippen molar-refractivity contribution in [2.75, 3.05) is 0 Å². The number of aromatic amines is 1. The summed E-state index contributed by atoms with van der Waals surface area (Å²) in [6.45, 7) is 3.46. The van der Waals surface area contributed by atoms with Gasteiger partial charge in [-0.1, -0.05) is 29.8 Å². The zero-order chi connectivity index (χ0) is 18.7. The number of nitrogens with zero attached hydrogens (tertiary/aromatic N) is 2. The molecule has 0 aliphatic rings. The number of hydrazone groups is 1. The predicted octanol–water partition coefficient (Wildman–Crippen LogP) is 3.28. The van der Waals surface area contributed by atoms with Crippen LogP contribution in [0.3, 0.4) is 0 Å². The van der Waals surface area contributed by atoms with E-state index in [1.807, 2.05) is 30.3 Å². The number of halogens is 1. The van der Waals surface area contributed by atoms with Crippen molar-refractivity contribution in [1.29, 1.82) is 0 Å². The number of aromatic nitrogens is 2. The Labute approximate surface area is 155 Å². The standard InChI is InChI=1S/C19H17ClN4O2/c1-12(21-22-18(25)14-8-10-15(20)11-9-14)17-13(2)23-24(19(17)26)16-6-4-3-5-7-16/h3-11,23H,1-2H3,(H,22,25). The van der Waals surface area contributed by atoms with Gasteiger partial charge in [0.05, 0.1) is 17.0 Å². The molecule has 0 aliphatic heterocycles. The SMILES string of the molecule is CC(=NNC(=O)c1ccc(Cl)cc1)c1c(C)[nH]n(-c2ccccc2)c1=O. The van der Waals surface area contributed by atoms with Crippen molar-refractivity contribution in [2.24, 2.45) is 5.10 Å². The van der Waals surface area contributed by atoms with Crippen LogP contribution in [-0.2, 0) is 0 Å². The smallest absolute Gasteiger partial charge is 0.280 e. The number of aryl methyl sites for hydroxylation is 1. The van der Waals surface area contributed by atoms with Gasteiger partial charge in [-0.3, -0.25) is 14.7 Å². The maximum atomic E-state index is 12.7. The highest BCUT2D eigenvalue weighted by Gasteiger charge is 2.15. The van der Waals surface area contributed by atoms with E-state index in [2.05, 4.69) is 15.6 Å². The van der Waals surface area contributed by atoms with E-state index in [9.17, 15) is 9.59 Å². The fourth-order valence-electron chi connectivity index (χ4n) is 2.59. The highest BCUT2D eigenvalue weighted by atomic mass is 35.5. The van der Waals surface area contributed by atoms with E-state index in [-0.39, 0.29) is 11.5 Å². The first kappa shape index (κ1) is 17.7. The first-order valence-electron chi connectivity index (χ1n) is 7.95. The summed E-state index contributed by atoms with van der Waals surface area (Å²) in [5.74, 6) is -0.377. The molecule has 7 heteroatoms. The Bertz CT molecular complexity index is 1020. The Hall–Kier alpha value is -3.12. The lowest BCUT2D eigenvalue weighted by Crippen LogP contribution is -2.23. The fraction of sp³-hybridized carbons (Fsp3) is 0.105. The van der Waals surface area contributed by atoms with Gasteiger partial charge >= 0.3 is 0 Å².